The Kier molecular flexibility index (Phi) is 4.37. The van der Waals surface area contributed by atoms with Gasteiger partial charge in [-0.15, -0.1) is 0 Å². The molecule has 0 amide bonds. The molecule has 0 N–H and O–H groups in total. The van der Waals surface area contributed by atoms with Gasteiger partial charge in [-0.25, -0.2) is 9.59 Å². The van der Waals surface area contributed by atoms with Crippen LogP contribution in [0.15, 0.2) is 36.4 Å². The second-order valence-corrected chi connectivity index (χ2v) is 5.40. The van der Waals surface area contributed by atoms with Gasteiger partial charge in [-0.1, -0.05) is 30.3 Å². The molecule has 0 unspecified atom stereocenters. The highest BCUT2D eigenvalue weighted by atomic mass is 16.5. The monoisotopic (exact) mass is 298 g/mol. The topological polar surface area (TPSA) is 52.6 Å². The lowest BCUT2D eigenvalue weighted by Crippen LogP contribution is -2.16. The van der Waals surface area contributed by atoms with Crippen molar-refractivity contribution in [3.63, 3.8) is 0 Å². The average molecular weight is 298 g/mol. The van der Waals surface area contributed by atoms with Crippen molar-refractivity contribution in [2.75, 3.05) is 13.2 Å². The van der Waals surface area contributed by atoms with Crippen LogP contribution in [0.2, 0.25) is 0 Å². The Balaban J connectivity index is 2.09. The third-order valence-corrected chi connectivity index (χ3v) is 3.86. The number of hydrogen-bond acceptors (Lipinski definition) is 4. The second-order valence-electron chi connectivity index (χ2n) is 5.40. The minimum Gasteiger partial charge on any atom is -0.462 e. The number of rotatable bonds is 0. The molecule has 0 radical (unpaired) electrons. The van der Waals surface area contributed by atoms with E-state index in [2.05, 4.69) is 0 Å². The number of ether oxygens (including phenoxy) is 2. The van der Waals surface area contributed by atoms with Crippen molar-refractivity contribution in [3.8, 4) is 0 Å². The number of fused-ring (bicyclic) bond motifs is 3. The summed E-state index contributed by atoms with van der Waals surface area (Å²) >= 11 is 0. The largest absolute Gasteiger partial charge is 0.462 e. The van der Waals surface area contributed by atoms with Crippen LogP contribution in [0.3, 0.4) is 0 Å². The maximum absolute atomic E-state index is 12.5. The Hall–Kier alpha value is -2.36. The van der Waals surface area contributed by atoms with Gasteiger partial charge in [0.2, 0.25) is 0 Å². The minimum atomic E-state index is -0.460. The summed E-state index contributed by atoms with van der Waals surface area (Å²) < 4.78 is 10.6. The van der Waals surface area contributed by atoms with Gasteiger partial charge in [-0.2, -0.15) is 0 Å². The van der Waals surface area contributed by atoms with Crippen LogP contribution in [0.4, 0.5) is 0 Å². The Labute approximate surface area is 129 Å². The Bertz CT molecular complexity index is 705. The lowest BCUT2D eigenvalue weighted by atomic mass is 9.99. The van der Waals surface area contributed by atoms with Crippen molar-refractivity contribution in [1.82, 2.24) is 0 Å². The predicted molar refractivity (Wildman–Crippen MR) is 83.0 cm³/mol. The molecule has 1 aliphatic heterocycles. The zero-order chi connectivity index (χ0) is 15.4. The van der Waals surface area contributed by atoms with Gasteiger partial charge in [-0.05, 0) is 42.5 Å². The Morgan fingerprint density at radius 1 is 0.727 bits per heavy atom. The van der Waals surface area contributed by atoms with Gasteiger partial charge < -0.3 is 9.47 Å². The molecule has 0 saturated heterocycles. The normalized spacial score (nSPS) is 16.9. The molecular weight excluding hydrogens is 280 g/mol. The van der Waals surface area contributed by atoms with Gasteiger partial charge in [-0.3, -0.25) is 0 Å². The van der Waals surface area contributed by atoms with E-state index >= 15 is 0 Å². The van der Waals surface area contributed by atoms with E-state index in [1.807, 2.05) is 30.3 Å². The van der Waals surface area contributed by atoms with Gasteiger partial charge in [0.05, 0.1) is 24.3 Å². The maximum atomic E-state index is 12.5. The first kappa shape index (κ1) is 14.6. The number of carbonyl (C=O) groups excluding carboxylic acids is 2. The van der Waals surface area contributed by atoms with Crippen molar-refractivity contribution in [3.05, 3.63) is 47.5 Å². The molecule has 22 heavy (non-hydrogen) atoms. The van der Waals surface area contributed by atoms with Crippen LogP contribution < -0.4 is 0 Å². The third-order valence-electron chi connectivity index (χ3n) is 3.86. The predicted octanol–water partition coefficient (Wildman–Crippen LogP) is 3.73. The first-order valence-electron chi connectivity index (χ1n) is 7.63. The fourth-order valence-electron chi connectivity index (χ4n) is 2.70. The molecule has 4 heteroatoms. The molecule has 0 aliphatic carbocycles. The highest BCUT2D eigenvalue weighted by Gasteiger charge is 2.22. The summed E-state index contributed by atoms with van der Waals surface area (Å²) in [6, 6.07) is 11.0. The molecule has 114 valence electrons. The van der Waals surface area contributed by atoms with E-state index in [-0.39, 0.29) is 5.56 Å². The molecule has 0 spiro atoms. The number of hydrogen-bond donors (Lipinski definition) is 0. The van der Waals surface area contributed by atoms with E-state index in [0.29, 0.717) is 18.8 Å². The number of esters is 2. The summed E-state index contributed by atoms with van der Waals surface area (Å²) in [5.74, 6) is -0.914. The standard InChI is InChI=1S/C18H18O4/c19-17-15-10-9-13-7-3-4-8-14(13)16(15)18(20)22-12-6-2-1-5-11-21-17/h3-4,7-10H,1-2,5-6,11-12H2. The van der Waals surface area contributed by atoms with Crippen LogP contribution in [-0.2, 0) is 9.47 Å². The van der Waals surface area contributed by atoms with Crippen molar-refractivity contribution in [2.24, 2.45) is 0 Å². The van der Waals surface area contributed by atoms with E-state index < -0.39 is 11.9 Å². The first-order valence-corrected chi connectivity index (χ1v) is 7.63. The molecule has 4 nitrogen and oxygen atoms in total. The van der Waals surface area contributed by atoms with Crippen LogP contribution >= 0.6 is 0 Å². The van der Waals surface area contributed by atoms with Crippen LogP contribution in [-0.4, -0.2) is 25.2 Å². The van der Waals surface area contributed by atoms with Gasteiger partial charge in [0.25, 0.3) is 0 Å². The molecule has 3 rings (SSSR count). The van der Waals surface area contributed by atoms with Crippen molar-refractivity contribution < 1.29 is 19.1 Å². The van der Waals surface area contributed by atoms with E-state index in [9.17, 15) is 9.59 Å². The van der Waals surface area contributed by atoms with Crippen LogP contribution in [0, 0.1) is 0 Å². The lowest BCUT2D eigenvalue weighted by Gasteiger charge is -2.14. The number of cyclic esters (lactones) is 2. The van der Waals surface area contributed by atoms with Gasteiger partial charge in [0.15, 0.2) is 0 Å². The number of carbonyl (C=O) groups is 2. The van der Waals surface area contributed by atoms with Crippen molar-refractivity contribution in [1.29, 1.82) is 0 Å². The molecule has 0 saturated carbocycles. The average Bonchev–Trinajstić information content (AvgIpc) is 2.54. The highest BCUT2D eigenvalue weighted by Crippen LogP contribution is 2.24. The summed E-state index contributed by atoms with van der Waals surface area (Å²) in [7, 11) is 0. The van der Waals surface area contributed by atoms with Crippen LogP contribution in [0.1, 0.15) is 46.4 Å². The molecule has 2 aromatic rings. The van der Waals surface area contributed by atoms with Gasteiger partial charge in [0.1, 0.15) is 0 Å². The quantitative estimate of drug-likeness (QED) is 0.695. The Morgan fingerprint density at radius 2 is 1.41 bits per heavy atom. The van der Waals surface area contributed by atoms with Crippen molar-refractivity contribution in [2.45, 2.75) is 25.7 Å². The molecular formula is C18H18O4. The molecule has 2 aromatic carbocycles. The molecule has 1 aliphatic rings. The molecule has 0 aromatic heterocycles. The molecule has 0 fully saturated rings. The molecule has 1 heterocycles. The zero-order valence-electron chi connectivity index (χ0n) is 12.3. The van der Waals surface area contributed by atoms with E-state index in [4.69, 9.17) is 9.47 Å². The Morgan fingerprint density at radius 3 is 2.18 bits per heavy atom. The summed E-state index contributed by atoms with van der Waals surface area (Å²) in [5, 5.41) is 1.62. The molecule has 0 bridgehead atoms. The lowest BCUT2D eigenvalue weighted by molar-refractivity contribution is 0.0437. The van der Waals surface area contributed by atoms with Crippen LogP contribution in [0.5, 0.6) is 0 Å². The van der Waals surface area contributed by atoms with Crippen molar-refractivity contribution >= 4 is 22.7 Å². The fraction of sp³-hybridized carbons (Fsp3) is 0.333. The zero-order valence-corrected chi connectivity index (χ0v) is 12.3. The second kappa shape index (κ2) is 6.60. The van der Waals surface area contributed by atoms with E-state index in [0.717, 1.165) is 36.5 Å². The number of benzene rings is 2. The van der Waals surface area contributed by atoms with Gasteiger partial charge >= 0.3 is 11.9 Å². The van der Waals surface area contributed by atoms with E-state index in [1.165, 1.54) is 0 Å². The summed E-state index contributed by atoms with van der Waals surface area (Å²) in [5.41, 5.74) is 0.591. The van der Waals surface area contributed by atoms with Gasteiger partial charge in [0, 0.05) is 0 Å². The third kappa shape index (κ3) is 2.96. The summed E-state index contributed by atoms with van der Waals surface area (Å²) in [4.78, 5) is 24.7. The van der Waals surface area contributed by atoms with E-state index in [1.54, 1.807) is 6.07 Å². The summed E-state index contributed by atoms with van der Waals surface area (Å²) in [6.45, 7) is 0.774. The summed E-state index contributed by atoms with van der Waals surface area (Å²) in [6.07, 6.45) is 3.60. The maximum Gasteiger partial charge on any atom is 0.339 e. The smallest absolute Gasteiger partial charge is 0.339 e. The minimum absolute atomic E-state index is 0.282. The van der Waals surface area contributed by atoms with Crippen LogP contribution in [0.25, 0.3) is 10.8 Å². The first-order chi connectivity index (χ1) is 10.8. The fourth-order valence-corrected chi connectivity index (χ4v) is 2.70. The highest BCUT2D eigenvalue weighted by molar-refractivity contribution is 6.12. The molecule has 0 atom stereocenters. The SMILES string of the molecule is O=C1OCCCCCCOC(=O)c2c1ccc1ccccc21.